The SMILES string of the molecule is O=C1CCC(=O)N1c1ccc(S(=O)(=O)Nc2ccc(N3CCOCC3)cc2)cc1. The van der Waals surface area contributed by atoms with Gasteiger partial charge in [0.25, 0.3) is 10.0 Å². The molecule has 0 unspecified atom stereocenters. The molecule has 4 rings (SSSR count). The molecule has 0 bridgehead atoms. The third-order valence-corrected chi connectivity index (χ3v) is 6.35. The minimum Gasteiger partial charge on any atom is -0.378 e. The van der Waals surface area contributed by atoms with Crippen LogP contribution in [0.3, 0.4) is 0 Å². The third kappa shape index (κ3) is 4.10. The average molecular weight is 415 g/mol. The van der Waals surface area contributed by atoms with E-state index in [0.717, 1.165) is 23.7 Å². The van der Waals surface area contributed by atoms with E-state index < -0.39 is 10.0 Å². The first kappa shape index (κ1) is 19.4. The van der Waals surface area contributed by atoms with Crippen molar-refractivity contribution < 1.29 is 22.7 Å². The molecular formula is C20H21N3O5S. The van der Waals surface area contributed by atoms with Gasteiger partial charge in [0.05, 0.1) is 23.8 Å². The van der Waals surface area contributed by atoms with Crippen molar-refractivity contribution in [2.24, 2.45) is 0 Å². The largest absolute Gasteiger partial charge is 0.378 e. The van der Waals surface area contributed by atoms with Crippen molar-refractivity contribution in [1.82, 2.24) is 0 Å². The molecule has 2 saturated heterocycles. The Morgan fingerprint density at radius 2 is 1.34 bits per heavy atom. The van der Waals surface area contributed by atoms with Crippen LogP contribution in [-0.4, -0.2) is 46.5 Å². The van der Waals surface area contributed by atoms with E-state index in [1.165, 1.54) is 24.3 Å². The van der Waals surface area contributed by atoms with E-state index in [9.17, 15) is 18.0 Å². The third-order valence-electron chi connectivity index (χ3n) is 4.95. The van der Waals surface area contributed by atoms with Gasteiger partial charge in [0.1, 0.15) is 0 Å². The van der Waals surface area contributed by atoms with Crippen LogP contribution in [-0.2, 0) is 24.3 Å². The number of carbonyl (C=O) groups is 2. The predicted octanol–water partition coefficient (Wildman–Crippen LogP) is 1.98. The maximum absolute atomic E-state index is 12.7. The highest BCUT2D eigenvalue weighted by molar-refractivity contribution is 7.92. The number of benzene rings is 2. The van der Waals surface area contributed by atoms with Gasteiger partial charge in [-0.3, -0.25) is 19.2 Å². The molecule has 2 heterocycles. The maximum Gasteiger partial charge on any atom is 0.261 e. The van der Waals surface area contributed by atoms with Crippen LogP contribution in [0.1, 0.15) is 12.8 Å². The molecule has 0 aliphatic carbocycles. The van der Waals surface area contributed by atoms with Gasteiger partial charge in [-0.05, 0) is 48.5 Å². The second kappa shape index (κ2) is 7.84. The molecule has 2 aromatic carbocycles. The monoisotopic (exact) mass is 415 g/mol. The molecule has 0 aromatic heterocycles. The van der Waals surface area contributed by atoms with Crippen molar-refractivity contribution in [3.05, 3.63) is 48.5 Å². The zero-order valence-electron chi connectivity index (χ0n) is 15.7. The molecule has 0 spiro atoms. The van der Waals surface area contributed by atoms with Crippen molar-refractivity contribution in [2.75, 3.05) is 40.8 Å². The number of anilines is 3. The van der Waals surface area contributed by atoms with Gasteiger partial charge >= 0.3 is 0 Å². The van der Waals surface area contributed by atoms with E-state index in [4.69, 9.17) is 4.74 Å². The predicted molar refractivity (Wildman–Crippen MR) is 108 cm³/mol. The van der Waals surface area contributed by atoms with E-state index in [0.29, 0.717) is 24.6 Å². The lowest BCUT2D eigenvalue weighted by molar-refractivity contribution is -0.121. The lowest BCUT2D eigenvalue weighted by Crippen LogP contribution is -2.36. The van der Waals surface area contributed by atoms with Crippen LogP contribution in [0, 0.1) is 0 Å². The second-order valence-corrected chi connectivity index (χ2v) is 8.55. The first-order valence-electron chi connectivity index (χ1n) is 9.35. The molecule has 152 valence electrons. The number of amides is 2. The smallest absolute Gasteiger partial charge is 0.261 e. The highest BCUT2D eigenvalue weighted by Gasteiger charge is 2.30. The Morgan fingerprint density at radius 3 is 1.93 bits per heavy atom. The van der Waals surface area contributed by atoms with Gasteiger partial charge in [-0.25, -0.2) is 8.42 Å². The standard InChI is InChI=1S/C20H21N3O5S/c24-19-9-10-20(25)23(19)17-5-7-18(8-6-17)29(26,27)21-15-1-3-16(4-2-15)22-11-13-28-14-12-22/h1-8,21H,9-14H2. The summed E-state index contributed by atoms with van der Waals surface area (Å²) in [4.78, 5) is 27.0. The van der Waals surface area contributed by atoms with Crippen LogP contribution in [0.2, 0.25) is 0 Å². The second-order valence-electron chi connectivity index (χ2n) is 6.87. The minimum atomic E-state index is -3.79. The lowest BCUT2D eigenvalue weighted by Gasteiger charge is -2.28. The van der Waals surface area contributed by atoms with Crippen LogP contribution in [0.15, 0.2) is 53.4 Å². The summed E-state index contributed by atoms with van der Waals surface area (Å²) in [5.41, 5.74) is 1.85. The molecule has 0 radical (unpaired) electrons. The van der Waals surface area contributed by atoms with Crippen molar-refractivity contribution in [3.63, 3.8) is 0 Å². The number of nitrogens with zero attached hydrogens (tertiary/aromatic N) is 2. The summed E-state index contributed by atoms with van der Waals surface area (Å²) in [5.74, 6) is -0.548. The Hall–Kier alpha value is -2.91. The summed E-state index contributed by atoms with van der Waals surface area (Å²) in [6.07, 6.45) is 0.363. The number of hydrogen-bond donors (Lipinski definition) is 1. The number of nitrogens with one attached hydrogen (secondary N) is 1. The first-order valence-corrected chi connectivity index (χ1v) is 10.8. The molecule has 2 aromatic rings. The van der Waals surface area contributed by atoms with Gasteiger partial charge in [-0.2, -0.15) is 0 Å². The molecular weight excluding hydrogens is 394 g/mol. The van der Waals surface area contributed by atoms with E-state index in [-0.39, 0.29) is 29.6 Å². The fraction of sp³-hybridized carbons (Fsp3) is 0.300. The van der Waals surface area contributed by atoms with Gasteiger partial charge in [0.2, 0.25) is 11.8 Å². The van der Waals surface area contributed by atoms with Crippen LogP contribution in [0.5, 0.6) is 0 Å². The molecule has 2 aliphatic rings. The quantitative estimate of drug-likeness (QED) is 0.751. The maximum atomic E-state index is 12.7. The average Bonchev–Trinajstić information content (AvgIpc) is 3.07. The molecule has 2 fully saturated rings. The van der Waals surface area contributed by atoms with Crippen LogP contribution >= 0.6 is 0 Å². The fourth-order valence-corrected chi connectivity index (χ4v) is 4.47. The number of morpholine rings is 1. The number of carbonyl (C=O) groups excluding carboxylic acids is 2. The van der Waals surface area contributed by atoms with Gasteiger partial charge in [-0.15, -0.1) is 0 Å². The fourth-order valence-electron chi connectivity index (χ4n) is 3.41. The summed E-state index contributed by atoms with van der Waals surface area (Å²) in [7, 11) is -3.79. The van der Waals surface area contributed by atoms with Gasteiger partial charge in [-0.1, -0.05) is 0 Å². The van der Waals surface area contributed by atoms with E-state index in [1.54, 1.807) is 12.1 Å². The van der Waals surface area contributed by atoms with Gasteiger partial charge in [0, 0.05) is 37.3 Å². The molecule has 2 aliphatic heterocycles. The van der Waals surface area contributed by atoms with E-state index >= 15 is 0 Å². The van der Waals surface area contributed by atoms with Gasteiger partial charge in [0.15, 0.2) is 0 Å². The van der Waals surface area contributed by atoms with Crippen molar-refractivity contribution in [3.8, 4) is 0 Å². The molecule has 9 heteroatoms. The summed E-state index contributed by atoms with van der Waals surface area (Å²) in [6, 6.07) is 12.9. The topological polar surface area (TPSA) is 96.0 Å². The first-order chi connectivity index (χ1) is 13.9. The molecule has 0 saturated carbocycles. The summed E-state index contributed by atoms with van der Waals surface area (Å²) in [6.45, 7) is 2.97. The van der Waals surface area contributed by atoms with Crippen molar-refractivity contribution in [2.45, 2.75) is 17.7 Å². The molecule has 0 atom stereocenters. The van der Waals surface area contributed by atoms with Crippen LogP contribution in [0.4, 0.5) is 17.1 Å². The number of imide groups is 1. The number of rotatable bonds is 5. The minimum absolute atomic E-state index is 0.0533. The highest BCUT2D eigenvalue weighted by atomic mass is 32.2. The zero-order valence-corrected chi connectivity index (χ0v) is 16.5. The summed E-state index contributed by atoms with van der Waals surface area (Å²) >= 11 is 0. The molecule has 29 heavy (non-hydrogen) atoms. The van der Waals surface area contributed by atoms with Gasteiger partial charge < -0.3 is 9.64 Å². The van der Waals surface area contributed by atoms with Crippen LogP contribution in [0.25, 0.3) is 0 Å². The molecule has 2 amide bonds. The van der Waals surface area contributed by atoms with Crippen molar-refractivity contribution >= 4 is 38.9 Å². The molecule has 1 N–H and O–H groups in total. The van der Waals surface area contributed by atoms with Crippen LogP contribution < -0.4 is 14.5 Å². The summed E-state index contributed by atoms with van der Waals surface area (Å²) in [5, 5.41) is 0. The zero-order chi connectivity index (χ0) is 20.4. The normalized spacial score (nSPS) is 17.7. The Labute approximate surface area is 169 Å². The number of sulfonamides is 1. The number of ether oxygens (including phenoxy) is 1. The Morgan fingerprint density at radius 1 is 0.793 bits per heavy atom. The highest BCUT2D eigenvalue weighted by Crippen LogP contribution is 2.25. The summed E-state index contributed by atoms with van der Waals surface area (Å²) < 4.78 is 33.2. The lowest BCUT2D eigenvalue weighted by atomic mass is 10.2. The van der Waals surface area contributed by atoms with E-state index in [2.05, 4.69) is 9.62 Å². The van der Waals surface area contributed by atoms with E-state index in [1.807, 2.05) is 12.1 Å². The van der Waals surface area contributed by atoms with Crippen molar-refractivity contribution in [1.29, 1.82) is 0 Å². The Bertz CT molecular complexity index is 997. The Balaban J connectivity index is 1.47. The number of hydrogen-bond acceptors (Lipinski definition) is 6. The Kier molecular flexibility index (Phi) is 5.25. The molecule has 8 nitrogen and oxygen atoms in total.